The Labute approximate surface area is 126 Å². The minimum absolute atomic E-state index is 0.344. The second-order valence-electron chi connectivity index (χ2n) is 4.33. The zero-order valence-electron chi connectivity index (χ0n) is 10.8. The average Bonchev–Trinajstić information content (AvgIpc) is 2.86. The van der Waals surface area contributed by atoms with E-state index in [1.807, 2.05) is 29.2 Å². The Morgan fingerprint density at radius 2 is 2.11 bits per heavy atom. The highest BCUT2D eigenvalue weighted by atomic mass is 79.9. The number of aliphatic hydroxyl groups excluding tert-OH is 1. The van der Waals surface area contributed by atoms with Crippen molar-refractivity contribution in [3.8, 4) is 0 Å². The monoisotopic (exact) mass is 340 g/mol. The van der Waals surface area contributed by atoms with Crippen molar-refractivity contribution >= 4 is 27.7 Å². The van der Waals surface area contributed by atoms with Crippen LogP contribution >= 0.6 is 27.7 Å². The first kappa shape index (κ1) is 14.6. The summed E-state index contributed by atoms with van der Waals surface area (Å²) in [5.41, 5.74) is 1.09. The zero-order valence-corrected chi connectivity index (χ0v) is 13.2. The number of hydrogen-bond donors (Lipinski definition) is 1. The van der Waals surface area contributed by atoms with E-state index in [0.717, 1.165) is 16.6 Å². The molecule has 3 nitrogen and oxygen atoms in total. The summed E-state index contributed by atoms with van der Waals surface area (Å²) in [5, 5.41) is 14.2. The molecule has 5 heteroatoms. The third-order valence-corrected chi connectivity index (χ3v) is 4.42. The van der Waals surface area contributed by atoms with E-state index in [-0.39, 0.29) is 6.10 Å². The summed E-state index contributed by atoms with van der Waals surface area (Å²) >= 11 is 5.08. The van der Waals surface area contributed by atoms with Crippen molar-refractivity contribution in [1.82, 2.24) is 9.78 Å². The lowest BCUT2D eigenvalue weighted by Crippen LogP contribution is -2.13. The normalized spacial score (nSPS) is 12.6. The van der Waals surface area contributed by atoms with Crippen molar-refractivity contribution in [1.29, 1.82) is 0 Å². The first-order chi connectivity index (χ1) is 9.17. The van der Waals surface area contributed by atoms with Crippen LogP contribution in [0.5, 0.6) is 0 Å². The second-order valence-corrected chi connectivity index (χ2v) is 6.34. The molecule has 2 aromatic rings. The fourth-order valence-electron chi connectivity index (χ4n) is 1.74. The van der Waals surface area contributed by atoms with Crippen molar-refractivity contribution in [2.75, 3.05) is 5.75 Å². The summed E-state index contributed by atoms with van der Waals surface area (Å²) in [6.07, 6.45) is 4.14. The lowest BCUT2D eigenvalue weighted by Gasteiger charge is -2.08. The van der Waals surface area contributed by atoms with Crippen molar-refractivity contribution in [2.24, 2.45) is 0 Å². The standard InChI is InChI=1S/C14H17BrN2OS/c1-2-17-9-11(8-16-17)7-13(18)10-19-14-5-3-12(15)4-6-14/h3-6,8-9,13,18H,2,7,10H2,1H3. The van der Waals surface area contributed by atoms with E-state index in [4.69, 9.17) is 0 Å². The molecule has 0 aliphatic heterocycles. The highest BCUT2D eigenvalue weighted by Gasteiger charge is 2.08. The van der Waals surface area contributed by atoms with Gasteiger partial charge in [-0.05, 0) is 36.8 Å². The number of aliphatic hydroxyl groups is 1. The maximum atomic E-state index is 10.0. The number of aromatic nitrogens is 2. The van der Waals surface area contributed by atoms with Gasteiger partial charge in [-0.3, -0.25) is 4.68 Å². The second kappa shape index (κ2) is 7.12. The molecule has 0 spiro atoms. The highest BCUT2D eigenvalue weighted by Crippen LogP contribution is 2.22. The van der Waals surface area contributed by atoms with Crippen LogP contribution in [0.4, 0.5) is 0 Å². The summed E-state index contributed by atoms with van der Waals surface area (Å²) in [7, 11) is 0. The minimum atomic E-state index is -0.344. The van der Waals surface area contributed by atoms with Gasteiger partial charge in [-0.15, -0.1) is 11.8 Å². The van der Waals surface area contributed by atoms with E-state index in [0.29, 0.717) is 12.2 Å². The molecule has 2 rings (SSSR count). The van der Waals surface area contributed by atoms with Gasteiger partial charge in [0.05, 0.1) is 12.3 Å². The molecule has 0 bridgehead atoms. The molecular weight excluding hydrogens is 324 g/mol. The van der Waals surface area contributed by atoms with Gasteiger partial charge in [0.1, 0.15) is 0 Å². The third-order valence-electron chi connectivity index (χ3n) is 2.74. The van der Waals surface area contributed by atoms with E-state index in [1.165, 1.54) is 4.90 Å². The zero-order chi connectivity index (χ0) is 13.7. The molecule has 0 radical (unpaired) electrons. The fraction of sp³-hybridized carbons (Fsp3) is 0.357. The average molecular weight is 341 g/mol. The Kier molecular flexibility index (Phi) is 5.48. The summed E-state index contributed by atoms with van der Waals surface area (Å²) in [6, 6.07) is 8.13. The maximum Gasteiger partial charge on any atom is 0.0675 e. The Morgan fingerprint density at radius 3 is 2.74 bits per heavy atom. The van der Waals surface area contributed by atoms with Crippen LogP contribution < -0.4 is 0 Å². The van der Waals surface area contributed by atoms with Gasteiger partial charge < -0.3 is 5.11 Å². The number of hydrogen-bond acceptors (Lipinski definition) is 3. The topological polar surface area (TPSA) is 38.0 Å². The molecule has 1 aromatic carbocycles. The van der Waals surface area contributed by atoms with Gasteiger partial charge in [-0.25, -0.2) is 0 Å². The molecule has 1 aromatic heterocycles. The lowest BCUT2D eigenvalue weighted by molar-refractivity contribution is 0.200. The molecule has 0 aliphatic rings. The summed E-state index contributed by atoms with van der Waals surface area (Å²) in [5.74, 6) is 0.693. The number of halogens is 1. The first-order valence-electron chi connectivity index (χ1n) is 6.25. The lowest BCUT2D eigenvalue weighted by atomic mass is 10.2. The summed E-state index contributed by atoms with van der Waals surface area (Å²) in [4.78, 5) is 1.17. The number of nitrogens with zero attached hydrogens (tertiary/aromatic N) is 2. The SMILES string of the molecule is CCn1cc(CC(O)CSc2ccc(Br)cc2)cn1. The van der Waals surface area contributed by atoms with Gasteiger partial charge >= 0.3 is 0 Å². The van der Waals surface area contributed by atoms with E-state index in [2.05, 4.69) is 40.1 Å². The molecule has 0 fully saturated rings. The Hall–Kier alpha value is -0.780. The van der Waals surface area contributed by atoms with Crippen LogP contribution in [0.2, 0.25) is 0 Å². The molecule has 1 heterocycles. The van der Waals surface area contributed by atoms with Gasteiger partial charge in [-0.2, -0.15) is 5.10 Å². The van der Waals surface area contributed by atoms with Crippen molar-refractivity contribution < 1.29 is 5.11 Å². The van der Waals surface area contributed by atoms with Gasteiger partial charge in [0.2, 0.25) is 0 Å². The molecule has 0 saturated carbocycles. The van der Waals surface area contributed by atoms with Crippen LogP contribution in [-0.4, -0.2) is 26.7 Å². The number of aryl methyl sites for hydroxylation is 1. The maximum absolute atomic E-state index is 10.0. The Morgan fingerprint density at radius 1 is 1.37 bits per heavy atom. The van der Waals surface area contributed by atoms with Gasteiger partial charge in [0, 0.05) is 34.3 Å². The van der Waals surface area contributed by atoms with Gasteiger partial charge in [0.25, 0.3) is 0 Å². The van der Waals surface area contributed by atoms with Crippen LogP contribution in [0.3, 0.4) is 0 Å². The summed E-state index contributed by atoms with van der Waals surface area (Å²) in [6.45, 7) is 2.92. The molecule has 1 atom stereocenters. The van der Waals surface area contributed by atoms with Crippen LogP contribution in [0.25, 0.3) is 0 Å². The van der Waals surface area contributed by atoms with Crippen molar-refractivity contribution in [3.05, 3.63) is 46.7 Å². The van der Waals surface area contributed by atoms with E-state index in [1.54, 1.807) is 11.8 Å². The predicted molar refractivity (Wildman–Crippen MR) is 82.5 cm³/mol. The smallest absolute Gasteiger partial charge is 0.0675 e. The van der Waals surface area contributed by atoms with Crippen LogP contribution in [0.15, 0.2) is 46.0 Å². The third kappa shape index (κ3) is 4.67. The molecule has 0 amide bonds. The fourth-order valence-corrected chi connectivity index (χ4v) is 2.83. The molecule has 0 saturated heterocycles. The van der Waals surface area contributed by atoms with E-state index < -0.39 is 0 Å². The van der Waals surface area contributed by atoms with E-state index >= 15 is 0 Å². The molecule has 1 unspecified atom stereocenters. The number of thioether (sulfide) groups is 1. The highest BCUT2D eigenvalue weighted by molar-refractivity contribution is 9.10. The minimum Gasteiger partial charge on any atom is -0.392 e. The molecule has 0 aliphatic carbocycles. The molecule has 19 heavy (non-hydrogen) atoms. The first-order valence-corrected chi connectivity index (χ1v) is 8.03. The van der Waals surface area contributed by atoms with Gasteiger partial charge in [0.15, 0.2) is 0 Å². The van der Waals surface area contributed by atoms with Crippen molar-refractivity contribution in [3.63, 3.8) is 0 Å². The summed E-state index contributed by atoms with van der Waals surface area (Å²) < 4.78 is 2.95. The number of rotatable bonds is 6. The van der Waals surface area contributed by atoms with Crippen LogP contribution in [0.1, 0.15) is 12.5 Å². The molecule has 102 valence electrons. The molecule has 1 N–H and O–H groups in total. The predicted octanol–water partition coefficient (Wildman–Crippen LogP) is 3.36. The number of benzene rings is 1. The van der Waals surface area contributed by atoms with E-state index in [9.17, 15) is 5.11 Å². The van der Waals surface area contributed by atoms with Crippen molar-refractivity contribution in [2.45, 2.75) is 30.9 Å². The Bertz CT molecular complexity index is 512. The Balaban J connectivity index is 1.81. The van der Waals surface area contributed by atoms with Crippen LogP contribution in [0, 0.1) is 0 Å². The quantitative estimate of drug-likeness (QED) is 0.819. The largest absolute Gasteiger partial charge is 0.392 e. The molecular formula is C14H17BrN2OS. The van der Waals surface area contributed by atoms with Gasteiger partial charge in [-0.1, -0.05) is 15.9 Å². The van der Waals surface area contributed by atoms with Crippen LogP contribution in [-0.2, 0) is 13.0 Å².